The quantitative estimate of drug-likeness (QED) is 0.726. The zero-order chi connectivity index (χ0) is 14.8. The second-order valence-electron chi connectivity index (χ2n) is 5.77. The van der Waals surface area contributed by atoms with Crippen LogP contribution in [0.3, 0.4) is 0 Å². The van der Waals surface area contributed by atoms with Gasteiger partial charge < -0.3 is 17.7 Å². The Morgan fingerprint density at radius 2 is 1.84 bits per heavy atom. The SMILES string of the molecule is C=C(COc1ccc(C)cc1C(C)(C)C)[B-](F)(F)F. The number of ether oxygens (including phenoxy) is 1. The van der Waals surface area contributed by atoms with Crippen LogP contribution in [0.1, 0.15) is 31.9 Å². The van der Waals surface area contributed by atoms with Crippen molar-refractivity contribution in [3.05, 3.63) is 41.4 Å². The van der Waals surface area contributed by atoms with Crippen LogP contribution in [0.15, 0.2) is 30.3 Å². The van der Waals surface area contributed by atoms with Crippen LogP contribution in [0.25, 0.3) is 0 Å². The zero-order valence-corrected chi connectivity index (χ0v) is 11.8. The Labute approximate surface area is 112 Å². The van der Waals surface area contributed by atoms with Gasteiger partial charge in [0.15, 0.2) is 0 Å². The highest BCUT2D eigenvalue weighted by Gasteiger charge is 2.27. The summed E-state index contributed by atoms with van der Waals surface area (Å²) in [6.07, 6.45) is 0. The largest absolute Gasteiger partial charge is 0.508 e. The van der Waals surface area contributed by atoms with Crippen molar-refractivity contribution < 1.29 is 17.7 Å². The van der Waals surface area contributed by atoms with Crippen molar-refractivity contribution in [2.24, 2.45) is 0 Å². The van der Waals surface area contributed by atoms with Gasteiger partial charge in [-0.3, -0.25) is 0 Å². The van der Waals surface area contributed by atoms with Crippen molar-refractivity contribution in [2.75, 3.05) is 6.61 Å². The van der Waals surface area contributed by atoms with E-state index in [4.69, 9.17) is 4.74 Å². The lowest BCUT2D eigenvalue weighted by atomic mass is 9.81. The van der Waals surface area contributed by atoms with Crippen LogP contribution >= 0.6 is 0 Å². The molecule has 0 radical (unpaired) electrons. The van der Waals surface area contributed by atoms with E-state index in [1.54, 1.807) is 6.07 Å². The van der Waals surface area contributed by atoms with Crippen LogP contribution in [0.5, 0.6) is 5.75 Å². The van der Waals surface area contributed by atoms with E-state index in [2.05, 4.69) is 6.58 Å². The standard InChI is InChI=1S/C14H19BF3O/c1-10-6-7-13(12(8-10)14(3,4)5)19-9-11(2)15(16,17)18/h6-8H,2,9H2,1,3-5H3/q-1. The molecule has 1 rings (SSSR count). The maximum atomic E-state index is 12.4. The van der Waals surface area contributed by atoms with Gasteiger partial charge in [-0.1, -0.05) is 38.5 Å². The van der Waals surface area contributed by atoms with Crippen LogP contribution in [0, 0.1) is 6.92 Å². The molecular formula is C14H19BF3O-. The molecule has 0 aliphatic carbocycles. The van der Waals surface area contributed by atoms with Crippen LogP contribution < -0.4 is 4.74 Å². The minimum absolute atomic E-state index is 0.188. The number of rotatable bonds is 4. The van der Waals surface area contributed by atoms with Crippen LogP contribution in [0.2, 0.25) is 0 Å². The summed E-state index contributed by atoms with van der Waals surface area (Å²) in [4.78, 5) is 0. The fourth-order valence-corrected chi connectivity index (χ4v) is 1.62. The van der Waals surface area contributed by atoms with Gasteiger partial charge in [-0.25, -0.2) is 0 Å². The highest BCUT2D eigenvalue weighted by atomic mass is 19.4. The molecule has 0 heterocycles. The number of aryl methyl sites for hydroxylation is 1. The van der Waals surface area contributed by atoms with E-state index < -0.39 is 19.1 Å². The zero-order valence-electron chi connectivity index (χ0n) is 11.8. The van der Waals surface area contributed by atoms with Gasteiger partial charge in [-0.2, -0.15) is 0 Å². The highest BCUT2D eigenvalue weighted by molar-refractivity contribution is 6.66. The second-order valence-corrected chi connectivity index (χ2v) is 5.77. The fraction of sp³-hybridized carbons (Fsp3) is 0.429. The third-order valence-electron chi connectivity index (χ3n) is 2.82. The van der Waals surface area contributed by atoms with Gasteiger partial charge in [0, 0.05) is 0 Å². The predicted molar refractivity (Wildman–Crippen MR) is 73.6 cm³/mol. The summed E-state index contributed by atoms with van der Waals surface area (Å²) in [6, 6.07) is 5.48. The number of hydrogen-bond acceptors (Lipinski definition) is 1. The van der Waals surface area contributed by atoms with Crippen molar-refractivity contribution in [1.82, 2.24) is 0 Å². The molecule has 0 bridgehead atoms. The van der Waals surface area contributed by atoms with Gasteiger partial charge in [0.05, 0.1) is 6.61 Å². The smallest absolute Gasteiger partial charge is 0.492 e. The lowest BCUT2D eigenvalue weighted by molar-refractivity contribution is 0.336. The van der Waals surface area contributed by atoms with Gasteiger partial charge in [-0.15, -0.1) is 12.1 Å². The molecule has 0 spiro atoms. The minimum Gasteiger partial charge on any atom is -0.492 e. The summed E-state index contributed by atoms with van der Waals surface area (Å²) in [5.41, 5.74) is 0.943. The predicted octanol–water partition coefficient (Wildman–Crippen LogP) is 4.61. The second kappa shape index (κ2) is 5.31. The number of hydrogen-bond donors (Lipinski definition) is 0. The Morgan fingerprint density at radius 1 is 1.26 bits per heavy atom. The first kappa shape index (κ1) is 15.7. The van der Waals surface area contributed by atoms with Crippen molar-refractivity contribution in [3.63, 3.8) is 0 Å². The summed E-state index contributed by atoms with van der Waals surface area (Å²) in [5, 5.41) is 0. The van der Waals surface area contributed by atoms with Crippen LogP contribution in [0.4, 0.5) is 12.9 Å². The molecule has 0 N–H and O–H groups in total. The van der Waals surface area contributed by atoms with E-state index in [1.807, 2.05) is 39.8 Å². The first-order chi connectivity index (χ1) is 8.51. The van der Waals surface area contributed by atoms with E-state index >= 15 is 0 Å². The lowest BCUT2D eigenvalue weighted by Crippen LogP contribution is -2.24. The monoisotopic (exact) mass is 271 g/mol. The molecular weight excluding hydrogens is 252 g/mol. The topological polar surface area (TPSA) is 9.23 Å². The van der Waals surface area contributed by atoms with Crippen molar-refractivity contribution >= 4 is 6.98 Å². The Balaban J connectivity index is 2.94. The molecule has 0 fully saturated rings. The Kier molecular flexibility index (Phi) is 4.38. The first-order valence-corrected chi connectivity index (χ1v) is 6.13. The molecule has 0 aliphatic rings. The van der Waals surface area contributed by atoms with Gasteiger partial charge >= 0.3 is 6.98 Å². The summed E-state index contributed by atoms with van der Waals surface area (Å²) in [7, 11) is 0. The molecule has 5 heteroatoms. The van der Waals surface area contributed by atoms with E-state index in [0.717, 1.165) is 11.1 Å². The molecule has 106 valence electrons. The van der Waals surface area contributed by atoms with Crippen molar-refractivity contribution in [2.45, 2.75) is 33.1 Å². The third kappa shape index (κ3) is 4.33. The van der Waals surface area contributed by atoms with Crippen molar-refractivity contribution in [3.8, 4) is 5.75 Å². The number of halogens is 3. The third-order valence-corrected chi connectivity index (χ3v) is 2.82. The van der Waals surface area contributed by atoms with Crippen LogP contribution in [-0.2, 0) is 5.41 Å². The average Bonchev–Trinajstić information content (AvgIpc) is 2.24. The summed E-state index contributed by atoms with van der Waals surface area (Å²) < 4.78 is 42.6. The molecule has 1 nitrogen and oxygen atoms in total. The first-order valence-electron chi connectivity index (χ1n) is 6.13. The van der Waals surface area contributed by atoms with E-state index in [1.165, 1.54) is 0 Å². The molecule has 0 atom stereocenters. The Bertz CT molecular complexity index is 473. The number of benzene rings is 1. The maximum Gasteiger partial charge on any atom is 0.508 e. The Hall–Kier alpha value is -1.39. The molecule has 0 aliphatic heterocycles. The molecule has 1 aromatic carbocycles. The van der Waals surface area contributed by atoms with E-state index in [9.17, 15) is 12.9 Å². The molecule has 19 heavy (non-hydrogen) atoms. The Morgan fingerprint density at radius 3 is 2.32 bits per heavy atom. The van der Waals surface area contributed by atoms with Crippen LogP contribution in [-0.4, -0.2) is 13.6 Å². The van der Waals surface area contributed by atoms with Gasteiger partial charge in [0.2, 0.25) is 0 Å². The lowest BCUT2D eigenvalue weighted by Gasteiger charge is -2.25. The maximum absolute atomic E-state index is 12.4. The average molecular weight is 271 g/mol. The molecule has 0 saturated carbocycles. The van der Waals surface area contributed by atoms with Gasteiger partial charge in [0.25, 0.3) is 0 Å². The molecule has 0 aromatic heterocycles. The van der Waals surface area contributed by atoms with Crippen molar-refractivity contribution in [1.29, 1.82) is 0 Å². The molecule has 1 aromatic rings. The van der Waals surface area contributed by atoms with E-state index in [-0.39, 0.29) is 5.41 Å². The van der Waals surface area contributed by atoms with E-state index in [0.29, 0.717) is 5.75 Å². The normalized spacial score (nSPS) is 12.4. The minimum atomic E-state index is -5.04. The molecule has 0 saturated heterocycles. The summed E-state index contributed by atoms with van der Waals surface area (Å²) in [6.45, 7) is 5.40. The molecule has 0 unspecified atom stereocenters. The fourth-order valence-electron chi connectivity index (χ4n) is 1.62. The van der Waals surface area contributed by atoms with Gasteiger partial charge in [-0.05, 0) is 24.0 Å². The summed E-state index contributed by atoms with van der Waals surface area (Å²) >= 11 is 0. The molecule has 0 amide bonds. The van der Waals surface area contributed by atoms with Gasteiger partial charge in [0.1, 0.15) is 5.75 Å². The highest BCUT2D eigenvalue weighted by Crippen LogP contribution is 2.32. The summed E-state index contributed by atoms with van der Waals surface area (Å²) in [5.74, 6) is 0.485.